The number of para-hydroxylation sites is 1. The number of fused-ring (bicyclic) bond motifs is 1. The molecular weight excluding hydrogens is 454 g/mol. The Hall–Kier alpha value is -3.43. The monoisotopic (exact) mass is 470 g/mol. The molecule has 3 aromatic rings. The van der Waals surface area contributed by atoms with Crippen LogP contribution < -0.4 is 14.8 Å². The first kappa shape index (κ1) is 21.8. The van der Waals surface area contributed by atoms with Crippen molar-refractivity contribution in [2.45, 2.75) is 11.9 Å². The lowest BCUT2D eigenvalue weighted by Gasteiger charge is -2.18. The predicted octanol–water partition coefficient (Wildman–Crippen LogP) is 2.94. The van der Waals surface area contributed by atoms with Gasteiger partial charge in [0.1, 0.15) is 11.7 Å². The normalized spacial score (nSPS) is 13.8. The van der Waals surface area contributed by atoms with Crippen molar-refractivity contribution in [1.29, 1.82) is 0 Å². The zero-order valence-corrected chi connectivity index (χ0v) is 18.4. The van der Waals surface area contributed by atoms with Crippen molar-refractivity contribution < 1.29 is 22.7 Å². The van der Waals surface area contributed by atoms with Crippen LogP contribution in [-0.4, -0.2) is 31.8 Å². The number of sulfonamides is 1. The molecule has 0 saturated carbocycles. The van der Waals surface area contributed by atoms with E-state index in [0.717, 1.165) is 0 Å². The molecule has 0 fully saturated rings. The molecule has 0 unspecified atom stereocenters. The van der Waals surface area contributed by atoms with E-state index in [1.165, 1.54) is 30.5 Å². The number of nitrogens with zero attached hydrogens (tertiary/aromatic N) is 2. The maximum absolute atomic E-state index is 13.7. The van der Waals surface area contributed by atoms with Crippen LogP contribution in [0, 0.1) is 5.92 Å². The standard InChI is InChI=1S/C22H17ClN3O5S/c1-2-31-16-8-4-3-7-13(16)18-20-15(11-10-14(23)19(20)21(24)27)26(22(18)28)32(29,30)17-9-5-6-12-25-17/h3-12H,2H2,1H3,(H2,24,27). The summed E-state index contributed by atoms with van der Waals surface area (Å²) in [5.74, 6) is -1.48. The molecule has 2 heterocycles. The molecular formula is C22H17ClN3O5S. The topological polar surface area (TPSA) is 120 Å². The van der Waals surface area contributed by atoms with Gasteiger partial charge in [-0.2, -0.15) is 8.42 Å². The molecule has 2 aromatic carbocycles. The number of hydrogen-bond donors (Lipinski definition) is 1. The highest BCUT2D eigenvalue weighted by Gasteiger charge is 2.49. The fraction of sp³-hybridized carbons (Fsp3) is 0.0909. The molecule has 0 atom stereocenters. The minimum atomic E-state index is -4.41. The first-order valence-electron chi connectivity index (χ1n) is 9.51. The first-order chi connectivity index (χ1) is 15.3. The molecule has 1 aliphatic heterocycles. The molecule has 0 saturated heterocycles. The van der Waals surface area contributed by atoms with Crippen LogP contribution >= 0.6 is 11.6 Å². The van der Waals surface area contributed by atoms with Crippen molar-refractivity contribution in [2.75, 3.05) is 10.9 Å². The van der Waals surface area contributed by atoms with E-state index in [1.807, 2.05) is 0 Å². The molecule has 32 heavy (non-hydrogen) atoms. The van der Waals surface area contributed by atoms with Gasteiger partial charge in [0, 0.05) is 17.3 Å². The van der Waals surface area contributed by atoms with Gasteiger partial charge in [0.25, 0.3) is 21.8 Å². The number of halogens is 1. The van der Waals surface area contributed by atoms with Gasteiger partial charge < -0.3 is 10.5 Å². The second kappa shape index (κ2) is 8.25. The number of hydrogen-bond acceptors (Lipinski definition) is 6. The minimum Gasteiger partial charge on any atom is -0.494 e. The van der Waals surface area contributed by atoms with Gasteiger partial charge in [0.05, 0.1) is 22.9 Å². The van der Waals surface area contributed by atoms with E-state index in [2.05, 4.69) is 4.98 Å². The Balaban J connectivity index is 2.03. The van der Waals surface area contributed by atoms with Gasteiger partial charge in [-0.25, -0.2) is 9.29 Å². The summed E-state index contributed by atoms with van der Waals surface area (Å²) in [6.45, 7) is 2.08. The molecule has 8 nitrogen and oxygen atoms in total. The summed E-state index contributed by atoms with van der Waals surface area (Å²) in [6, 6.07) is 13.6. The smallest absolute Gasteiger partial charge is 0.288 e. The highest BCUT2D eigenvalue weighted by molar-refractivity contribution is 7.93. The van der Waals surface area contributed by atoms with E-state index in [4.69, 9.17) is 22.1 Å². The van der Waals surface area contributed by atoms with Crippen molar-refractivity contribution in [3.63, 3.8) is 0 Å². The number of carbonyl (C=O) groups is 2. The van der Waals surface area contributed by atoms with E-state index in [0.29, 0.717) is 22.2 Å². The Labute approximate surface area is 189 Å². The Bertz CT molecular complexity index is 1330. The molecule has 10 heteroatoms. The maximum Gasteiger partial charge on any atom is 0.288 e. The number of nitrogens with two attached hydrogens (primary N) is 1. The summed E-state index contributed by atoms with van der Waals surface area (Å²) in [5, 5.41) is -0.332. The fourth-order valence-electron chi connectivity index (χ4n) is 3.58. The number of ether oxygens (including phenoxy) is 1. The van der Waals surface area contributed by atoms with Gasteiger partial charge in [-0.1, -0.05) is 35.9 Å². The summed E-state index contributed by atoms with van der Waals surface area (Å²) < 4.78 is 33.1. The van der Waals surface area contributed by atoms with Crippen LogP contribution in [-0.2, 0) is 14.8 Å². The van der Waals surface area contributed by atoms with Crippen LogP contribution in [0.1, 0.15) is 28.4 Å². The van der Waals surface area contributed by atoms with Crippen LogP contribution in [0.15, 0.2) is 65.8 Å². The summed E-state index contributed by atoms with van der Waals surface area (Å²) in [6.07, 6.45) is 1.31. The number of carbonyl (C=O) groups excluding carboxylic acids is 2. The van der Waals surface area contributed by atoms with E-state index >= 15 is 0 Å². The average molecular weight is 471 g/mol. The maximum atomic E-state index is 13.7. The Morgan fingerprint density at radius 3 is 2.50 bits per heavy atom. The molecule has 2 N–H and O–H groups in total. The number of rotatable bonds is 6. The first-order valence-corrected chi connectivity index (χ1v) is 11.3. The minimum absolute atomic E-state index is 0.00692. The lowest BCUT2D eigenvalue weighted by atomic mass is 9.88. The quantitative estimate of drug-likeness (QED) is 0.591. The molecule has 1 aliphatic rings. The van der Waals surface area contributed by atoms with Gasteiger partial charge in [0.2, 0.25) is 0 Å². The molecule has 1 radical (unpaired) electrons. The second-order valence-electron chi connectivity index (χ2n) is 6.73. The third-order valence-corrected chi connectivity index (χ3v) is 6.77. The summed E-state index contributed by atoms with van der Waals surface area (Å²) >= 11 is 6.25. The lowest BCUT2D eigenvalue weighted by molar-refractivity contribution is -0.114. The Morgan fingerprint density at radius 1 is 1.12 bits per heavy atom. The predicted molar refractivity (Wildman–Crippen MR) is 118 cm³/mol. The Morgan fingerprint density at radius 2 is 1.84 bits per heavy atom. The van der Waals surface area contributed by atoms with E-state index in [1.54, 1.807) is 37.3 Å². The van der Waals surface area contributed by atoms with E-state index in [9.17, 15) is 18.0 Å². The Kier molecular flexibility index (Phi) is 5.62. The van der Waals surface area contributed by atoms with Crippen molar-refractivity contribution in [1.82, 2.24) is 4.98 Å². The largest absolute Gasteiger partial charge is 0.494 e. The number of anilines is 1. The van der Waals surface area contributed by atoms with Gasteiger partial charge in [-0.15, -0.1) is 0 Å². The van der Waals surface area contributed by atoms with E-state index in [-0.39, 0.29) is 32.8 Å². The van der Waals surface area contributed by atoms with Crippen LogP contribution in [0.2, 0.25) is 5.02 Å². The van der Waals surface area contributed by atoms with Gasteiger partial charge in [-0.3, -0.25) is 9.59 Å². The fourth-order valence-corrected chi connectivity index (χ4v) is 5.19. The third-order valence-electron chi connectivity index (χ3n) is 4.84. The number of aromatic nitrogens is 1. The van der Waals surface area contributed by atoms with Crippen molar-refractivity contribution in [3.05, 3.63) is 88.4 Å². The molecule has 0 aliphatic carbocycles. The highest BCUT2D eigenvalue weighted by Crippen LogP contribution is 2.48. The van der Waals surface area contributed by atoms with Crippen LogP contribution in [0.25, 0.3) is 0 Å². The zero-order valence-electron chi connectivity index (χ0n) is 16.8. The van der Waals surface area contributed by atoms with Gasteiger partial charge in [0.15, 0.2) is 5.03 Å². The van der Waals surface area contributed by atoms with E-state index < -0.39 is 21.8 Å². The van der Waals surface area contributed by atoms with Crippen molar-refractivity contribution in [2.24, 2.45) is 5.73 Å². The number of pyridine rings is 1. The molecule has 0 bridgehead atoms. The molecule has 2 amide bonds. The van der Waals surface area contributed by atoms with Crippen LogP contribution in [0.5, 0.6) is 5.75 Å². The third kappa shape index (κ3) is 3.39. The van der Waals surface area contributed by atoms with Crippen LogP contribution in [0.4, 0.5) is 5.69 Å². The lowest BCUT2D eigenvalue weighted by Crippen LogP contribution is -2.36. The molecule has 163 valence electrons. The van der Waals surface area contributed by atoms with Gasteiger partial charge in [-0.05, 0) is 37.3 Å². The number of amides is 2. The molecule has 4 rings (SSSR count). The number of benzene rings is 2. The number of primary amides is 1. The van der Waals surface area contributed by atoms with Crippen molar-refractivity contribution in [3.8, 4) is 5.75 Å². The van der Waals surface area contributed by atoms with Crippen molar-refractivity contribution >= 4 is 39.1 Å². The summed E-state index contributed by atoms with van der Waals surface area (Å²) in [5.41, 5.74) is 5.72. The molecule has 1 aromatic heterocycles. The zero-order chi connectivity index (χ0) is 23.0. The molecule has 0 spiro atoms. The summed E-state index contributed by atoms with van der Waals surface area (Å²) in [4.78, 5) is 29.8. The second-order valence-corrected chi connectivity index (χ2v) is 8.87. The average Bonchev–Trinajstić information content (AvgIpc) is 3.07. The van der Waals surface area contributed by atoms with Gasteiger partial charge >= 0.3 is 0 Å². The summed E-state index contributed by atoms with van der Waals surface area (Å²) in [7, 11) is -4.41. The SMILES string of the molecule is CCOc1ccccc1[C]1C(=O)N(S(=O)(=O)c2ccccn2)c2ccc(Cl)c(C(N)=O)c21. The van der Waals surface area contributed by atoms with Crippen LogP contribution in [0.3, 0.4) is 0 Å². The highest BCUT2D eigenvalue weighted by atomic mass is 35.5.